The predicted molar refractivity (Wildman–Crippen MR) is 98.0 cm³/mol. The molecular formula is C18H21N3O3S. The third-order valence-corrected chi connectivity index (χ3v) is 5.41. The molecule has 1 saturated heterocycles. The minimum atomic E-state index is -0.454. The second-order valence-corrected chi connectivity index (χ2v) is 7.01. The first-order chi connectivity index (χ1) is 12.1. The lowest BCUT2D eigenvalue weighted by atomic mass is 10.1. The summed E-state index contributed by atoms with van der Waals surface area (Å²) in [5, 5.41) is 18.2. The number of nitrogens with one attached hydrogen (secondary N) is 1. The van der Waals surface area contributed by atoms with Crippen LogP contribution in [0.4, 0.5) is 5.69 Å². The van der Waals surface area contributed by atoms with E-state index in [2.05, 4.69) is 21.7 Å². The van der Waals surface area contributed by atoms with E-state index in [9.17, 15) is 14.9 Å². The summed E-state index contributed by atoms with van der Waals surface area (Å²) in [7, 11) is 0. The van der Waals surface area contributed by atoms with Crippen LogP contribution in [0.25, 0.3) is 0 Å². The number of nitro groups is 1. The van der Waals surface area contributed by atoms with Crippen LogP contribution < -0.4 is 5.32 Å². The molecule has 6 nitrogen and oxygen atoms in total. The monoisotopic (exact) mass is 359 g/mol. The SMILES string of the molecule is Cc1c(C(=O)NCC(c2ccsc2)N2CCCC2)cccc1[N+](=O)[O-]. The highest BCUT2D eigenvalue weighted by molar-refractivity contribution is 7.07. The summed E-state index contributed by atoms with van der Waals surface area (Å²) in [6.45, 7) is 4.18. The molecule has 0 spiro atoms. The number of likely N-dealkylation sites (tertiary alicyclic amines) is 1. The predicted octanol–water partition coefficient (Wildman–Crippen LogP) is 3.53. The lowest BCUT2D eigenvalue weighted by Crippen LogP contribution is -2.36. The lowest BCUT2D eigenvalue weighted by molar-refractivity contribution is -0.385. The van der Waals surface area contributed by atoms with Crippen LogP contribution in [0, 0.1) is 17.0 Å². The fourth-order valence-electron chi connectivity index (χ4n) is 3.33. The Bertz CT molecular complexity index is 755. The Balaban J connectivity index is 1.74. The van der Waals surface area contributed by atoms with Crippen molar-refractivity contribution in [2.24, 2.45) is 0 Å². The van der Waals surface area contributed by atoms with E-state index in [4.69, 9.17) is 0 Å². The zero-order chi connectivity index (χ0) is 17.8. The molecule has 3 rings (SSSR count). The van der Waals surface area contributed by atoms with Crippen LogP contribution >= 0.6 is 11.3 Å². The van der Waals surface area contributed by atoms with Gasteiger partial charge in [0.05, 0.1) is 11.0 Å². The average Bonchev–Trinajstić information content (AvgIpc) is 3.29. The van der Waals surface area contributed by atoms with Gasteiger partial charge in [0.15, 0.2) is 0 Å². The third-order valence-electron chi connectivity index (χ3n) is 4.71. The number of carbonyl (C=O) groups excluding carboxylic acids is 1. The molecule has 1 unspecified atom stereocenters. The summed E-state index contributed by atoms with van der Waals surface area (Å²) in [5.74, 6) is -0.263. The Hall–Kier alpha value is -2.25. The van der Waals surface area contributed by atoms with E-state index in [1.807, 2.05) is 5.38 Å². The topological polar surface area (TPSA) is 75.5 Å². The van der Waals surface area contributed by atoms with Crippen molar-refractivity contribution in [1.82, 2.24) is 10.2 Å². The van der Waals surface area contributed by atoms with Crippen molar-refractivity contribution in [3.8, 4) is 0 Å². The van der Waals surface area contributed by atoms with Crippen molar-refractivity contribution < 1.29 is 9.72 Å². The molecule has 7 heteroatoms. The van der Waals surface area contributed by atoms with Crippen molar-refractivity contribution in [3.05, 3.63) is 61.8 Å². The van der Waals surface area contributed by atoms with Gasteiger partial charge in [0.1, 0.15) is 0 Å². The third kappa shape index (κ3) is 3.88. The molecule has 132 valence electrons. The maximum Gasteiger partial charge on any atom is 0.273 e. The zero-order valence-corrected chi connectivity index (χ0v) is 14.9. The van der Waals surface area contributed by atoms with Gasteiger partial charge < -0.3 is 5.32 Å². The molecule has 1 aromatic carbocycles. The molecule has 0 radical (unpaired) electrons. The van der Waals surface area contributed by atoms with Crippen LogP contribution in [0.15, 0.2) is 35.0 Å². The number of hydrogen-bond donors (Lipinski definition) is 1. The number of nitrogens with zero attached hydrogens (tertiary/aromatic N) is 2. The first kappa shape index (κ1) is 17.6. The van der Waals surface area contributed by atoms with Gasteiger partial charge in [-0.15, -0.1) is 0 Å². The number of benzene rings is 1. The molecule has 0 saturated carbocycles. The van der Waals surface area contributed by atoms with E-state index >= 15 is 0 Å². The molecule has 2 heterocycles. The summed E-state index contributed by atoms with van der Waals surface area (Å²) >= 11 is 1.65. The van der Waals surface area contributed by atoms with Crippen molar-refractivity contribution in [2.75, 3.05) is 19.6 Å². The van der Waals surface area contributed by atoms with Crippen molar-refractivity contribution in [2.45, 2.75) is 25.8 Å². The molecule has 0 bridgehead atoms. The Morgan fingerprint density at radius 2 is 2.12 bits per heavy atom. The van der Waals surface area contributed by atoms with Crippen LogP contribution in [0.2, 0.25) is 0 Å². The van der Waals surface area contributed by atoms with Gasteiger partial charge in [-0.25, -0.2) is 0 Å². The Morgan fingerprint density at radius 3 is 2.76 bits per heavy atom. The van der Waals surface area contributed by atoms with E-state index in [1.54, 1.807) is 30.4 Å². The minimum Gasteiger partial charge on any atom is -0.350 e. The zero-order valence-electron chi connectivity index (χ0n) is 14.1. The van der Waals surface area contributed by atoms with Gasteiger partial charge in [-0.05, 0) is 61.3 Å². The summed E-state index contributed by atoms with van der Waals surface area (Å²) in [5.41, 5.74) is 1.95. The second kappa shape index (κ2) is 7.76. The molecular weight excluding hydrogens is 338 g/mol. The fraction of sp³-hybridized carbons (Fsp3) is 0.389. The van der Waals surface area contributed by atoms with E-state index in [0.29, 0.717) is 17.7 Å². The highest BCUT2D eigenvalue weighted by Crippen LogP contribution is 2.26. The van der Waals surface area contributed by atoms with E-state index in [1.165, 1.54) is 24.5 Å². The largest absolute Gasteiger partial charge is 0.350 e. The Kier molecular flexibility index (Phi) is 5.45. The van der Waals surface area contributed by atoms with E-state index < -0.39 is 4.92 Å². The summed E-state index contributed by atoms with van der Waals surface area (Å²) in [6.07, 6.45) is 2.36. The normalized spacial score (nSPS) is 15.9. The van der Waals surface area contributed by atoms with Gasteiger partial charge >= 0.3 is 0 Å². The smallest absolute Gasteiger partial charge is 0.273 e. The standard InChI is InChI=1S/C18H21N3O3S/c1-13-15(5-4-6-16(13)21(23)24)18(22)19-11-17(14-7-10-25-12-14)20-8-2-3-9-20/h4-7,10,12,17H,2-3,8-9,11H2,1H3,(H,19,22). The van der Waals surface area contributed by atoms with Crippen molar-refractivity contribution in [3.63, 3.8) is 0 Å². The number of hydrogen-bond acceptors (Lipinski definition) is 5. The van der Waals surface area contributed by atoms with Crippen LogP contribution in [0.3, 0.4) is 0 Å². The van der Waals surface area contributed by atoms with Crippen molar-refractivity contribution in [1.29, 1.82) is 0 Å². The molecule has 1 N–H and O–H groups in total. The van der Waals surface area contributed by atoms with E-state index in [0.717, 1.165) is 13.1 Å². The molecule has 2 aromatic rings. The maximum atomic E-state index is 12.6. The number of nitro benzene ring substituents is 1. The molecule has 0 aliphatic carbocycles. The maximum absolute atomic E-state index is 12.6. The van der Waals surface area contributed by atoms with Gasteiger partial charge in [-0.3, -0.25) is 19.8 Å². The number of amides is 1. The van der Waals surface area contributed by atoms with Crippen LogP contribution in [0.5, 0.6) is 0 Å². The van der Waals surface area contributed by atoms with Gasteiger partial charge in [0.2, 0.25) is 0 Å². The van der Waals surface area contributed by atoms with Gasteiger partial charge in [-0.2, -0.15) is 11.3 Å². The quantitative estimate of drug-likeness (QED) is 0.632. The molecule has 1 fully saturated rings. The molecule has 1 aliphatic heterocycles. The Morgan fingerprint density at radius 1 is 1.36 bits per heavy atom. The van der Waals surface area contributed by atoms with Gasteiger partial charge in [0.25, 0.3) is 11.6 Å². The second-order valence-electron chi connectivity index (χ2n) is 6.23. The molecule has 1 aromatic heterocycles. The molecule has 1 atom stereocenters. The highest BCUT2D eigenvalue weighted by Gasteiger charge is 2.25. The van der Waals surface area contributed by atoms with Gasteiger partial charge in [-0.1, -0.05) is 6.07 Å². The molecule has 25 heavy (non-hydrogen) atoms. The summed E-state index contributed by atoms with van der Waals surface area (Å²) in [4.78, 5) is 25.6. The number of rotatable bonds is 6. The molecule has 1 aliphatic rings. The first-order valence-electron chi connectivity index (χ1n) is 8.36. The minimum absolute atomic E-state index is 0.0263. The van der Waals surface area contributed by atoms with Crippen molar-refractivity contribution >= 4 is 22.9 Å². The summed E-state index contributed by atoms with van der Waals surface area (Å²) < 4.78 is 0. The van der Waals surface area contributed by atoms with Crippen LogP contribution in [-0.2, 0) is 0 Å². The first-order valence-corrected chi connectivity index (χ1v) is 9.30. The average molecular weight is 359 g/mol. The Labute approximate surface area is 150 Å². The molecule has 1 amide bonds. The summed E-state index contributed by atoms with van der Waals surface area (Å²) in [6, 6.07) is 6.85. The van der Waals surface area contributed by atoms with Gasteiger partial charge in [0, 0.05) is 23.7 Å². The van der Waals surface area contributed by atoms with E-state index in [-0.39, 0.29) is 17.6 Å². The van der Waals surface area contributed by atoms with Crippen LogP contribution in [0.1, 0.15) is 40.4 Å². The lowest BCUT2D eigenvalue weighted by Gasteiger charge is -2.27. The fourth-order valence-corrected chi connectivity index (χ4v) is 4.03. The van der Waals surface area contributed by atoms with Crippen LogP contribution in [-0.4, -0.2) is 35.4 Å². The highest BCUT2D eigenvalue weighted by atomic mass is 32.1. The number of thiophene rings is 1. The number of carbonyl (C=O) groups is 1.